The molecule has 0 saturated carbocycles. The van der Waals surface area contributed by atoms with Crippen LogP contribution in [0.4, 0.5) is 5.69 Å². The number of benzene rings is 1. The fourth-order valence-corrected chi connectivity index (χ4v) is 4.82. The summed E-state index contributed by atoms with van der Waals surface area (Å²) in [7, 11) is 0. The summed E-state index contributed by atoms with van der Waals surface area (Å²) in [6, 6.07) is 10.3. The van der Waals surface area contributed by atoms with Gasteiger partial charge in [0.1, 0.15) is 5.03 Å². The second kappa shape index (κ2) is 11.1. The van der Waals surface area contributed by atoms with Gasteiger partial charge in [-0.25, -0.2) is 9.59 Å². The first-order valence-corrected chi connectivity index (χ1v) is 12.2. The first-order valence-electron chi connectivity index (χ1n) is 11.3. The molecule has 34 heavy (non-hydrogen) atoms. The number of anilines is 1. The van der Waals surface area contributed by atoms with Crippen molar-refractivity contribution in [1.82, 2.24) is 14.5 Å². The first-order chi connectivity index (χ1) is 16.5. The molecule has 1 aromatic carbocycles. The van der Waals surface area contributed by atoms with E-state index in [0.29, 0.717) is 29.4 Å². The quantitative estimate of drug-likeness (QED) is 0.300. The number of amides is 1. The molecule has 0 atom stereocenters. The molecule has 0 radical (unpaired) electrons. The third kappa shape index (κ3) is 5.72. The van der Waals surface area contributed by atoms with E-state index in [1.165, 1.54) is 11.8 Å². The number of carbonyl (C=O) groups is 2. The van der Waals surface area contributed by atoms with Gasteiger partial charge in [-0.3, -0.25) is 14.3 Å². The smallest absolute Gasteiger partial charge is 0.349 e. The van der Waals surface area contributed by atoms with Gasteiger partial charge >= 0.3 is 11.7 Å². The average molecular weight is 479 g/mol. The lowest BCUT2D eigenvalue weighted by atomic mass is 9.97. The molecule has 1 aliphatic carbocycles. The number of fused-ring (bicyclic) bond motifs is 1. The molecule has 0 saturated heterocycles. The summed E-state index contributed by atoms with van der Waals surface area (Å²) in [4.78, 5) is 45.6. The lowest BCUT2D eigenvalue weighted by Gasteiger charge is -2.22. The fourth-order valence-electron chi connectivity index (χ4n) is 3.94. The van der Waals surface area contributed by atoms with Crippen molar-refractivity contribution in [2.24, 2.45) is 0 Å². The fraction of sp³-hybridized carbons (Fsp3) is 0.320. The van der Waals surface area contributed by atoms with Crippen LogP contribution in [0.25, 0.3) is 0 Å². The number of pyridine rings is 1. The molecule has 8 nitrogen and oxygen atoms in total. The normalized spacial score (nSPS) is 12.6. The SMILES string of the molecule is CCOC(=O)c1ccc(NC(=O)CSc2nc(=O)n(Cc3cccnc3)c3c2CCCC3)cc1. The summed E-state index contributed by atoms with van der Waals surface area (Å²) in [5.41, 5.74) is 3.73. The summed E-state index contributed by atoms with van der Waals surface area (Å²) in [5.74, 6) is -0.477. The summed E-state index contributed by atoms with van der Waals surface area (Å²) in [6.07, 6.45) is 7.19. The predicted molar refractivity (Wildman–Crippen MR) is 130 cm³/mol. The Morgan fingerprint density at radius 1 is 1.15 bits per heavy atom. The van der Waals surface area contributed by atoms with Crippen molar-refractivity contribution in [2.45, 2.75) is 44.2 Å². The number of rotatable bonds is 8. The van der Waals surface area contributed by atoms with Gasteiger partial charge in [-0.05, 0) is 68.5 Å². The van der Waals surface area contributed by atoms with Crippen molar-refractivity contribution < 1.29 is 14.3 Å². The van der Waals surface area contributed by atoms with Crippen molar-refractivity contribution in [3.63, 3.8) is 0 Å². The molecular formula is C25H26N4O4S. The van der Waals surface area contributed by atoms with Crippen molar-refractivity contribution in [1.29, 1.82) is 0 Å². The van der Waals surface area contributed by atoms with Crippen LogP contribution in [0.15, 0.2) is 58.6 Å². The van der Waals surface area contributed by atoms with Crippen LogP contribution in [-0.2, 0) is 28.9 Å². The van der Waals surface area contributed by atoms with Crippen LogP contribution in [0.3, 0.4) is 0 Å². The van der Waals surface area contributed by atoms with Crippen molar-refractivity contribution in [3.8, 4) is 0 Å². The number of thioether (sulfide) groups is 1. The third-order valence-electron chi connectivity index (χ3n) is 5.53. The molecule has 0 aliphatic heterocycles. The molecular weight excluding hydrogens is 452 g/mol. The zero-order chi connectivity index (χ0) is 23.9. The predicted octanol–water partition coefficient (Wildman–Crippen LogP) is 3.47. The Kier molecular flexibility index (Phi) is 7.74. The number of aromatic nitrogens is 3. The molecule has 1 aliphatic rings. The van der Waals surface area contributed by atoms with E-state index in [-0.39, 0.29) is 17.3 Å². The van der Waals surface area contributed by atoms with E-state index in [0.717, 1.165) is 42.5 Å². The lowest BCUT2D eigenvalue weighted by molar-refractivity contribution is -0.113. The van der Waals surface area contributed by atoms with E-state index in [1.807, 2.05) is 12.1 Å². The van der Waals surface area contributed by atoms with Crippen LogP contribution in [0.2, 0.25) is 0 Å². The molecule has 176 valence electrons. The molecule has 0 fully saturated rings. The summed E-state index contributed by atoms with van der Waals surface area (Å²) in [5, 5.41) is 3.45. The minimum absolute atomic E-state index is 0.130. The van der Waals surface area contributed by atoms with Crippen LogP contribution in [0.1, 0.15) is 46.9 Å². The number of carbonyl (C=O) groups excluding carboxylic acids is 2. The molecule has 1 amide bonds. The van der Waals surface area contributed by atoms with Crippen LogP contribution in [0, 0.1) is 0 Å². The highest BCUT2D eigenvalue weighted by Gasteiger charge is 2.21. The summed E-state index contributed by atoms with van der Waals surface area (Å²) < 4.78 is 6.70. The van der Waals surface area contributed by atoms with Crippen LogP contribution < -0.4 is 11.0 Å². The van der Waals surface area contributed by atoms with Gasteiger partial charge in [0.25, 0.3) is 0 Å². The Labute approximate surface area is 201 Å². The molecule has 2 heterocycles. The Morgan fingerprint density at radius 2 is 1.94 bits per heavy atom. The van der Waals surface area contributed by atoms with Gasteiger partial charge in [0, 0.05) is 29.3 Å². The Bertz CT molecular complexity index is 1230. The van der Waals surface area contributed by atoms with Gasteiger partial charge in [0.15, 0.2) is 0 Å². The standard InChI is InChI=1S/C25H26N4O4S/c1-2-33-24(31)18-9-11-19(12-10-18)27-22(30)16-34-23-20-7-3-4-8-21(20)29(25(32)28-23)15-17-6-5-13-26-14-17/h5-6,9-14H,2-4,7-8,15-16H2,1H3,(H,27,30). The largest absolute Gasteiger partial charge is 0.462 e. The van der Waals surface area contributed by atoms with E-state index in [9.17, 15) is 14.4 Å². The Morgan fingerprint density at radius 3 is 2.68 bits per heavy atom. The molecule has 1 N–H and O–H groups in total. The van der Waals surface area contributed by atoms with E-state index in [4.69, 9.17) is 4.74 Å². The molecule has 3 aromatic rings. The van der Waals surface area contributed by atoms with Gasteiger partial charge in [0.05, 0.1) is 24.5 Å². The second-order valence-electron chi connectivity index (χ2n) is 7.91. The highest BCUT2D eigenvalue weighted by molar-refractivity contribution is 8.00. The van der Waals surface area contributed by atoms with E-state index < -0.39 is 5.97 Å². The molecule has 4 rings (SSSR count). The van der Waals surface area contributed by atoms with Gasteiger partial charge in [-0.2, -0.15) is 4.98 Å². The molecule has 9 heteroatoms. The maximum absolute atomic E-state index is 12.9. The maximum Gasteiger partial charge on any atom is 0.349 e. The number of nitrogens with one attached hydrogen (secondary N) is 1. The van der Waals surface area contributed by atoms with Crippen LogP contribution >= 0.6 is 11.8 Å². The number of nitrogens with zero attached hydrogens (tertiary/aromatic N) is 3. The number of esters is 1. The molecule has 0 bridgehead atoms. The minimum Gasteiger partial charge on any atom is -0.462 e. The number of ether oxygens (including phenoxy) is 1. The molecule has 0 spiro atoms. The van der Waals surface area contributed by atoms with Gasteiger partial charge in [-0.15, -0.1) is 0 Å². The highest BCUT2D eigenvalue weighted by Crippen LogP contribution is 2.29. The van der Waals surface area contributed by atoms with E-state index >= 15 is 0 Å². The minimum atomic E-state index is -0.398. The van der Waals surface area contributed by atoms with Gasteiger partial charge in [0.2, 0.25) is 5.91 Å². The average Bonchev–Trinajstić information content (AvgIpc) is 2.86. The lowest BCUT2D eigenvalue weighted by Crippen LogP contribution is -2.30. The topological polar surface area (TPSA) is 103 Å². The maximum atomic E-state index is 12.9. The zero-order valence-corrected chi connectivity index (χ0v) is 19.8. The second-order valence-corrected chi connectivity index (χ2v) is 8.88. The van der Waals surface area contributed by atoms with E-state index in [2.05, 4.69) is 15.3 Å². The van der Waals surface area contributed by atoms with E-state index in [1.54, 1.807) is 48.1 Å². The molecule has 0 unspecified atom stereocenters. The Balaban J connectivity index is 1.44. The van der Waals surface area contributed by atoms with Crippen molar-refractivity contribution in [2.75, 3.05) is 17.7 Å². The summed E-state index contributed by atoms with van der Waals surface area (Å²) in [6.45, 7) is 2.49. The Hall–Kier alpha value is -3.46. The monoisotopic (exact) mass is 478 g/mol. The number of hydrogen-bond acceptors (Lipinski definition) is 7. The zero-order valence-electron chi connectivity index (χ0n) is 19.0. The first kappa shape index (κ1) is 23.7. The third-order valence-corrected chi connectivity index (χ3v) is 6.55. The van der Waals surface area contributed by atoms with Gasteiger partial charge in [-0.1, -0.05) is 17.8 Å². The van der Waals surface area contributed by atoms with Crippen LogP contribution in [0.5, 0.6) is 0 Å². The van der Waals surface area contributed by atoms with Crippen molar-refractivity contribution in [3.05, 3.63) is 81.7 Å². The molecule has 2 aromatic heterocycles. The van der Waals surface area contributed by atoms with Gasteiger partial charge < -0.3 is 10.1 Å². The van der Waals surface area contributed by atoms with Crippen molar-refractivity contribution >= 4 is 29.3 Å². The highest BCUT2D eigenvalue weighted by atomic mass is 32.2. The van der Waals surface area contributed by atoms with Crippen LogP contribution in [-0.4, -0.2) is 38.8 Å². The summed E-state index contributed by atoms with van der Waals surface area (Å²) >= 11 is 1.28. The number of hydrogen-bond donors (Lipinski definition) is 1.